The van der Waals surface area contributed by atoms with E-state index in [0.29, 0.717) is 22.8 Å². The van der Waals surface area contributed by atoms with Crippen LogP contribution in [-0.4, -0.2) is 50.9 Å². The van der Waals surface area contributed by atoms with Crippen LogP contribution in [0.3, 0.4) is 0 Å². The molecule has 8 nitrogen and oxygen atoms in total. The molecule has 3 aromatic carbocycles. The van der Waals surface area contributed by atoms with Gasteiger partial charge < -0.3 is 15.0 Å². The highest BCUT2D eigenvalue weighted by Crippen LogP contribution is 2.32. The molecule has 0 bridgehead atoms. The summed E-state index contributed by atoms with van der Waals surface area (Å²) < 4.78 is 34.2. The van der Waals surface area contributed by atoms with Crippen molar-refractivity contribution in [2.24, 2.45) is 0 Å². The number of ether oxygens (including phenoxy) is 1. The van der Waals surface area contributed by atoms with Crippen LogP contribution in [0, 0.1) is 0 Å². The molecule has 3 aromatic rings. The number of halogens is 2. The van der Waals surface area contributed by atoms with E-state index >= 15 is 0 Å². The Labute approximate surface area is 257 Å². The van der Waals surface area contributed by atoms with Crippen molar-refractivity contribution in [2.45, 2.75) is 62.6 Å². The number of amides is 2. The van der Waals surface area contributed by atoms with E-state index in [9.17, 15) is 18.0 Å². The number of sulfonamides is 1. The molecule has 42 heavy (non-hydrogen) atoms. The largest absolute Gasteiger partial charge is 0.495 e. The van der Waals surface area contributed by atoms with E-state index < -0.39 is 28.5 Å². The number of anilines is 1. The molecule has 1 aliphatic carbocycles. The van der Waals surface area contributed by atoms with Crippen LogP contribution in [-0.2, 0) is 26.2 Å². The van der Waals surface area contributed by atoms with E-state index in [4.69, 9.17) is 27.9 Å². The first-order valence-corrected chi connectivity index (χ1v) is 16.1. The lowest BCUT2D eigenvalue weighted by Crippen LogP contribution is -2.53. The maximum atomic E-state index is 14.2. The third-order valence-corrected chi connectivity index (χ3v) is 9.87. The average molecular weight is 633 g/mol. The summed E-state index contributed by atoms with van der Waals surface area (Å²) in [5.74, 6) is -0.469. The number of nitrogens with zero attached hydrogens (tertiary/aromatic N) is 2. The number of carbonyl (C=O) groups is 2. The van der Waals surface area contributed by atoms with Gasteiger partial charge in [0.05, 0.1) is 22.7 Å². The predicted molar refractivity (Wildman–Crippen MR) is 165 cm³/mol. The molecule has 0 heterocycles. The van der Waals surface area contributed by atoms with Crippen molar-refractivity contribution >= 4 is 50.7 Å². The molecule has 4 rings (SSSR count). The molecule has 224 valence electrons. The van der Waals surface area contributed by atoms with E-state index in [2.05, 4.69) is 5.32 Å². The SMILES string of the molecule is CC[C@@H](C(=O)NC1CCCC1)N(Cc1ccccc1Cl)C(=O)CN(c1ccc(OC)c(Cl)c1)S(=O)(=O)c1ccccc1. The van der Waals surface area contributed by atoms with E-state index in [1.807, 2.05) is 6.92 Å². The van der Waals surface area contributed by atoms with Crippen molar-refractivity contribution in [3.8, 4) is 5.75 Å². The first-order chi connectivity index (χ1) is 20.1. The van der Waals surface area contributed by atoms with Gasteiger partial charge in [0.15, 0.2) is 0 Å². The summed E-state index contributed by atoms with van der Waals surface area (Å²) in [5, 5.41) is 3.73. The fraction of sp³-hybridized carbons (Fsp3) is 0.355. The maximum absolute atomic E-state index is 14.2. The average Bonchev–Trinajstić information content (AvgIpc) is 3.50. The molecule has 0 aromatic heterocycles. The van der Waals surface area contributed by atoms with E-state index in [0.717, 1.165) is 30.0 Å². The van der Waals surface area contributed by atoms with Gasteiger partial charge in [-0.15, -0.1) is 0 Å². The Morgan fingerprint density at radius 2 is 1.64 bits per heavy atom. The van der Waals surface area contributed by atoms with E-state index in [1.54, 1.807) is 48.5 Å². The van der Waals surface area contributed by atoms with E-state index in [1.165, 1.54) is 36.3 Å². The highest BCUT2D eigenvalue weighted by molar-refractivity contribution is 7.92. The summed E-state index contributed by atoms with van der Waals surface area (Å²) in [7, 11) is -2.76. The number of hydrogen-bond donors (Lipinski definition) is 1. The Morgan fingerprint density at radius 3 is 2.26 bits per heavy atom. The van der Waals surface area contributed by atoms with Crippen LogP contribution >= 0.6 is 23.2 Å². The van der Waals surface area contributed by atoms with Crippen molar-refractivity contribution < 1.29 is 22.7 Å². The van der Waals surface area contributed by atoms with Crippen molar-refractivity contribution in [2.75, 3.05) is 18.0 Å². The van der Waals surface area contributed by atoms with Gasteiger partial charge in [-0.2, -0.15) is 0 Å². The van der Waals surface area contributed by atoms with Crippen LogP contribution in [0.5, 0.6) is 5.75 Å². The van der Waals surface area contributed by atoms with Crippen molar-refractivity contribution in [1.82, 2.24) is 10.2 Å². The predicted octanol–water partition coefficient (Wildman–Crippen LogP) is 6.06. The van der Waals surface area contributed by atoms with Crippen LogP contribution in [0.2, 0.25) is 10.0 Å². The van der Waals surface area contributed by atoms with Gasteiger partial charge in [-0.25, -0.2) is 8.42 Å². The zero-order valence-corrected chi connectivity index (χ0v) is 26.0. The minimum Gasteiger partial charge on any atom is -0.495 e. The number of benzene rings is 3. The molecule has 11 heteroatoms. The second-order valence-corrected chi connectivity index (χ2v) is 12.8. The second kappa shape index (κ2) is 14.3. The fourth-order valence-corrected chi connectivity index (χ4v) is 7.03. The Kier molecular flexibility index (Phi) is 10.8. The maximum Gasteiger partial charge on any atom is 0.264 e. The molecular formula is C31H35Cl2N3O5S. The molecule has 1 saturated carbocycles. The van der Waals surface area contributed by atoms with Gasteiger partial charge in [0.1, 0.15) is 18.3 Å². The van der Waals surface area contributed by atoms with Gasteiger partial charge >= 0.3 is 0 Å². The molecule has 0 saturated heterocycles. The molecule has 1 fully saturated rings. The van der Waals surface area contributed by atoms with Crippen LogP contribution in [0.4, 0.5) is 5.69 Å². The molecule has 0 unspecified atom stereocenters. The quantitative estimate of drug-likeness (QED) is 0.262. The Morgan fingerprint density at radius 1 is 0.976 bits per heavy atom. The molecule has 0 spiro atoms. The lowest BCUT2D eigenvalue weighted by atomic mass is 10.1. The number of methoxy groups -OCH3 is 1. The van der Waals surface area contributed by atoms with Gasteiger partial charge in [-0.3, -0.25) is 13.9 Å². The van der Waals surface area contributed by atoms with Crippen molar-refractivity contribution in [3.63, 3.8) is 0 Å². The summed E-state index contributed by atoms with van der Waals surface area (Å²) in [6.07, 6.45) is 4.19. The van der Waals surface area contributed by atoms with Crippen LogP contribution in [0.15, 0.2) is 77.7 Å². The lowest BCUT2D eigenvalue weighted by Gasteiger charge is -2.34. The normalized spacial score (nSPS) is 14.3. The molecule has 1 atom stereocenters. The molecule has 1 aliphatic rings. The molecule has 0 aliphatic heterocycles. The van der Waals surface area contributed by atoms with Gasteiger partial charge in [0.25, 0.3) is 10.0 Å². The summed E-state index contributed by atoms with van der Waals surface area (Å²) in [4.78, 5) is 29.2. The van der Waals surface area contributed by atoms with Crippen molar-refractivity contribution in [3.05, 3.63) is 88.4 Å². The Hall–Kier alpha value is -3.27. The van der Waals surface area contributed by atoms with Crippen LogP contribution < -0.4 is 14.4 Å². The molecule has 0 radical (unpaired) electrons. The molecule has 1 N–H and O–H groups in total. The zero-order valence-electron chi connectivity index (χ0n) is 23.6. The lowest BCUT2D eigenvalue weighted by molar-refractivity contribution is -0.140. The Balaban J connectivity index is 1.74. The fourth-order valence-electron chi connectivity index (χ4n) is 5.16. The minimum atomic E-state index is -4.21. The first-order valence-electron chi connectivity index (χ1n) is 13.9. The highest BCUT2D eigenvalue weighted by Gasteiger charge is 2.35. The molecular weight excluding hydrogens is 597 g/mol. The summed E-state index contributed by atoms with van der Waals surface area (Å²) >= 11 is 12.8. The second-order valence-electron chi connectivity index (χ2n) is 10.2. The number of hydrogen-bond acceptors (Lipinski definition) is 5. The third kappa shape index (κ3) is 7.38. The van der Waals surface area contributed by atoms with Gasteiger partial charge in [0, 0.05) is 17.6 Å². The van der Waals surface area contributed by atoms with Crippen LogP contribution in [0.1, 0.15) is 44.6 Å². The van der Waals surface area contributed by atoms with Gasteiger partial charge in [0.2, 0.25) is 11.8 Å². The number of nitrogens with one attached hydrogen (secondary N) is 1. The molecule has 2 amide bonds. The number of rotatable bonds is 12. The summed E-state index contributed by atoms with van der Waals surface area (Å²) in [6, 6.07) is 18.7. The third-order valence-electron chi connectivity index (χ3n) is 7.42. The standard InChI is InChI=1S/C31H35Cl2N3O5S/c1-3-28(31(38)34-23-12-8-9-13-23)35(20-22-11-7-10-16-26(22)32)30(37)21-36(24-17-18-29(41-2)27(33)19-24)42(39,40)25-14-5-4-6-15-25/h4-7,10-11,14-19,23,28H,3,8-9,12-13,20-21H2,1-2H3,(H,34,38)/t28-/m0/s1. The minimum absolute atomic E-state index is 0.00779. The highest BCUT2D eigenvalue weighted by atomic mass is 35.5. The smallest absolute Gasteiger partial charge is 0.264 e. The first kappa shape index (κ1) is 31.7. The van der Waals surface area contributed by atoms with Crippen molar-refractivity contribution in [1.29, 1.82) is 0 Å². The van der Waals surface area contributed by atoms with Gasteiger partial charge in [-0.05, 0) is 61.2 Å². The summed E-state index contributed by atoms with van der Waals surface area (Å²) in [6.45, 7) is 1.28. The topological polar surface area (TPSA) is 96.0 Å². The summed E-state index contributed by atoms with van der Waals surface area (Å²) in [5.41, 5.74) is 0.823. The zero-order chi connectivity index (χ0) is 30.3. The van der Waals surface area contributed by atoms with Crippen LogP contribution in [0.25, 0.3) is 0 Å². The Bertz CT molecular complexity index is 1500. The van der Waals surface area contributed by atoms with E-state index in [-0.39, 0.29) is 34.1 Å². The monoisotopic (exact) mass is 631 g/mol. The number of carbonyl (C=O) groups excluding carboxylic acids is 2. The van der Waals surface area contributed by atoms with Gasteiger partial charge in [-0.1, -0.05) is 79.4 Å².